The summed E-state index contributed by atoms with van der Waals surface area (Å²) in [6.45, 7) is 6.03. The monoisotopic (exact) mass is 197 g/mol. The molecule has 2 N–H and O–H groups in total. The molecule has 2 aliphatic heterocycles. The summed E-state index contributed by atoms with van der Waals surface area (Å²) in [5, 5.41) is 0. The minimum Gasteiger partial charge on any atom is -0.330 e. The lowest BCUT2D eigenvalue weighted by molar-refractivity contribution is 0.0233. The van der Waals surface area contributed by atoms with Crippen LogP contribution in [0.3, 0.4) is 0 Å². The number of hydrogen-bond acceptors (Lipinski definition) is 3. The van der Waals surface area contributed by atoms with Crippen LogP contribution < -0.4 is 5.73 Å². The molecule has 0 aromatic heterocycles. The summed E-state index contributed by atoms with van der Waals surface area (Å²) in [5.41, 5.74) is 5.62. The summed E-state index contributed by atoms with van der Waals surface area (Å²) in [6.07, 6.45) is 4.00. The fraction of sp³-hybridized carbons (Fsp3) is 1.00. The highest BCUT2D eigenvalue weighted by molar-refractivity contribution is 4.88. The molecule has 0 radical (unpaired) electrons. The average Bonchev–Trinajstić information content (AvgIpc) is 2.14. The number of piperidine rings is 1. The lowest BCUT2D eigenvalue weighted by Gasteiger charge is -2.46. The Morgan fingerprint density at radius 1 is 1.29 bits per heavy atom. The summed E-state index contributed by atoms with van der Waals surface area (Å²) in [5.74, 6) is 0.875. The average molecular weight is 197 g/mol. The highest BCUT2D eigenvalue weighted by Gasteiger charge is 2.31. The van der Waals surface area contributed by atoms with E-state index in [-0.39, 0.29) is 0 Å². The van der Waals surface area contributed by atoms with Gasteiger partial charge in [0.05, 0.1) is 0 Å². The molecule has 0 amide bonds. The molecule has 2 aliphatic rings. The van der Waals surface area contributed by atoms with Crippen LogP contribution in [0.2, 0.25) is 0 Å². The lowest BCUT2D eigenvalue weighted by Crippen LogP contribution is -2.59. The Balaban J connectivity index is 1.76. The van der Waals surface area contributed by atoms with Gasteiger partial charge in [-0.1, -0.05) is 0 Å². The maximum absolute atomic E-state index is 5.62. The van der Waals surface area contributed by atoms with Crippen molar-refractivity contribution >= 4 is 0 Å². The van der Waals surface area contributed by atoms with Crippen molar-refractivity contribution in [1.82, 2.24) is 9.80 Å². The van der Waals surface area contributed by atoms with Crippen LogP contribution in [0.4, 0.5) is 0 Å². The zero-order valence-corrected chi connectivity index (χ0v) is 9.28. The Morgan fingerprint density at radius 3 is 2.71 bits per heavy atom. The van der Waals surface area contributed by atoms with E-state index in [1.165, 1.54) is 45.4 Å². The van der Waals surface area contributed by atoms with Gasteiger partial charge in [0.25, 0.3) is 0 Å². The first-order chi connectivity index (χ1) is 6.79. The molecule has 3 nitrogen and oxygen atoms in total. The molecule has 0 aromatic rings. The summed E-state index contributed by atoms with van der Waals surface area (Å²) in [4.78, 5) is 5.08. The Morgan fingerprint density at radius 2 is 2.07 bits per heavy atom. The second-order valence-electron chi connectivity index (χ2n) is 4.96. The summed E-state index contributed by atoms with van der Waals surface area (Å²) < 4.78 is 0. The van der Waals surface area contributed by atoms with Gasteiger partial charge in [-0.15, -0.1) is 0 Å². The van der Waals surface area contributed by atoms with Crippen molar-refractivity contribution in [2.24, 2.45) is 11.7 Å². The third-order valence-electron chi connectivity index (χ3n) is 3.69. The van der Waals surface area contributed by atoms with E-state index < -0.39 is 0 Å². The van der Waals surface area contributed by atoms with Crippen LogP contribution in [0.1, 0.15) is 19.3 Å². The molecule has 0 spiro atoms. The van der Waals surface area contributed by atoms with Gasteiger partial charge in [0.15, 0.2) is 0 Å². The van der Waals surface area contributed by atoms with Crippen molar-refractivity contribution in [3.8, 4) is 0 Å². The first-order valence-corrected chi connectivity index (χ1v) is 5.92. The first kappa shape index (κ1) is 10.4. The maximum Gasteiger partial charge on any atom is 0.0350 e. The Bertz CT molecular complexity index is 173. The van der Waals surface area contributed by atoms with E-state index >= 15 is 0 Å². The van der Waals surface area contributed by atoms with Gasteiger partial charge in [-0.25, -0.2) is 0 Å². The highest BCUT2D eigenvalue weighted by Crippen LogP contribution is 2.23. The van der Waals surface area contributed by atoms with Gasteiger partial charge in [0.2, 0.25) is 0 Å². The summed E-state index contributed by atoms with van der Waals surface area (Å²) >= 11 is 0. The van der Waals surface area contributed by atoms with Crippen LogP contribution in [0, 0.1) is 5.92 Å². The van der Waals surface area contributed by atoms with Crippen LogP contribution in [0.5, 0.6) is 0 Å². The number of hydrogen-bond donors (Lipinski definition) is 1. The minimum atomic E-state index is 0.848. The van der Waals surface area contributed by atoms with E-state index in [9.17, 15) is 0 Å². The van der Waals surface area contributed by atoms with Gasteiger partial charge in [0, 0.05) is 25.7 Å². The number of likely N-dealkylation sites (tertiary alicyclic amines) is 2. The lowest BCUT2D eigenvalue weighted by atomic mass is 9.92. The molecular weight excluding hydrogens is 174 g/mol. The topological polar surface area (TPSA) is 32.5 Å². The van der Waals surface area contributed by atoms with Gasteiger partial charge in [-0.2, -0.15) is 0 Å². The maximum atomic E-state index is 5.62. The van der Waals surface area contributed by atoms with Gasteiger partial charge in [0.1, 0.15) is 0 Å². The second kappa shape index (κ2) is 4.60. The Kier molecular flexibility index (Phi) is 3.42. The van der Waals surface area contributed by atoms with Crippen molar-refractivity contribution in [3.05, 3.63) is 0 Å². The Labute approximate surface area is 87.2 Å². The zero-order chi connectivity index (χ0) is 9.97. The zero-order valence-electron chi connectivity index (χ0n) is 9.28. The Hall–Kier alpha value is -0.120. The van der Waals surface area contributed by atoms with Crippen LogP contribution in [-0.2, 0) is 0 Å². The van der Waals surface area contributed by atoms with Gasteiger partial charge < -0.3 is 10.6 Å². The van der Waals surface area contributed by atoms with Gasteiger partial charge >= 0.3 is 0 Å². The second-order valence-corrected chi connectivity index (χ2v) is 4.96. The van der Waals surface area contributed by atoms with E-state index in [1.807, 2.05) is 0 Å². The molecule has 3 heteroatoms. The van der Waals surface area contributed by atoms with Gasteiger partial charge in [-0.05, 0) is 45.3 Å². The number of nitrogens with zero attached hydrogens (tertiary/aromatic N) is 2. The summed E-state index contributed by atoms with van der Waals surface area (Å²) in [7, 11) is 2.21. The number of likely N-dealkylation sites (N-methyl/N-ethyl adjacent to an activating group) is 1. The quantitative estimate of drug-likeness (QED) is 0.709. The van der Waals surface area contributed by atoms with E-state index in [4.69, 9.17) is 5.73 Å². The van der Waals surface area contributed by atoms with Crippen molar-refractivity contribution in [2.45, 2.75) is 25.3 Å². The number of nitrogens with two attached hydrogens (primary N) is 1. The predicted octanol–water partition coefficient (Wildman–Crippen LogP) is 0.361. The van der Waals surface area contributed by atoms with E-state index in [2.05, 4.69) is 16.8 Å². The normalized spacial score (nSPS) is 31.7. The van der Waals surface area contributed by atoms with E-state index in [0.717, 1.165) is 18.5 Å². The van der Waals surface area contributed by atoms with E-state index in [0.29, 0.717) is 0 Å². The molecule has 0 bridgehead atoms. The van der Waals surface area contributed by atoms with Crippen LogP contribution in [0.15, 0.2) is 0 Å². The molecule has 2 heterocycles. The molecule has 2 fully saturated rings. The predicted molar refractivity (Wildman–Crippen MR) is 59.3 cm³/mol. The largest absolute Gasteiger partial charge is 0.330 e. The standard InChI is InChI=1S/C11H23N3/c1-13-8-11(9-13)14-6-2-3-10(7-14)4-5-12/h10-11H,2-9,12H2,1H3. The minimum absolute atomic E-state index is 0.848. The molecule has 0 aliphatic carbocycles. The van der Waals surface area contributed by atoms with Gasteiger partial charge in [-0.3, -0.25) is 4.90 Å². The molecule has 1 unspecified atom stereocenters. The molecule has 82 valence electrons. The fourth-order valence-corrected chi connectivity index (χ4v) is 2.80. The summed E-state index contributed by atoms with van der Waals surface area (Å²) in [6, 6.07) is 0.848. The SMILES string of the molecule is CN1CC(N2CCCC(CCN)C2)C1. The molecule has 14 heavy (non-hydrogen) atoms. The fourth-order valence-electron chi connectivity index (χ4n) is 2.80. The smallest absolute Gasteiger partial charge is 0.0350 e. The molecule has 2 rings (SSSR count). The molecule has 2 saturated heterocycles. The van der Waals surface area contributed by atoms with Crippen molar-refractivity contribution in [3.63, 3.8) is 0 Å². The van der Waals surface area contributed by atoms with Crippen LogP contribution >= 0.6 is 0 Å². The first-order valence-electron chi connectivity index (χ1n) is 5.92. The van der Waals surface area contributed by atoms with Crippen molar-refractivity contribution < 1.29 is 0 Å². The third-order valence-corrected chi connectivity index (χ3v) is 3.69. The molecule has 1 atom stereocenters. The van der Waals surface area contributed by atoms with Crippen molar-refractivity contribution in [2.75, 3.05) is 39.8 Å². The highest BCUT2D eigenvalue weighted by atomic mass is 15.3. The molecular formula is C11H23N3. The van der Waals surface area contributed by atoms with Crippen LogP contribution in [0.25, 0.3) is 0 Å². The van der Waals surface area contributed by atoms with Crippen LogP contribution in [-0.4, -0.2) is 55.6 Å². The van der Waals surface area contributed by atoms with E-state index in [1.54, 1.807) is 0 Å². The third kappa shape index (κ3) is 2.27. The number of rotatable bonds is 3. The molecule has 0 aromatic carbocycles. The van der Waals surface area contributed by atoms with Crippen molar-refractivity contribution in [1.29, 1.82) is 0 Å². The molecule has 0 saturated carbocycles.